The van der Waals surface area contributed by atoms with E-state index in [9.17, 15) is 24.6 Å². The Kier molecular flexibility index (Phi) is 7.78. The summed E-state index contributed by atoms with van der Waals surface area (Å²) in [6, 6.07) is 0.277. The van der Waals surface area contributed by atoms with Gasteiger partial charge in [-0.05, 0) is 37.6 Å². The van der Waals surface area contributed by atoms with Crippen LogP contribution in [0, 0.1) is 0 Å². The molecular weight excluding hydrogens is 509 g/mol. The summed E-state index contributed by atoms with van der Waals surface area (Å²) >= 11 is 7.38. The third kappa shape index (κ3) is 5.09. The molecule has 4 rings (SSSR count). The minimum Gasteiger partial charge on any atom is -0.387 e. The Morgan fingerprint density at radius 3 is 2.68 bits per heavy atom. The minimum atomic E-state index is -4.61. The number of nitrogens with one attached hydrogen (secondary N) is 1. The van der Waals surface area contributed by atoms with E-state index in [2.05, 4.69) is 20.4 Å². The number of rotatable bonds is 9. The molecule has 2 aliphatic rings. The Labute approximate surface area is 205 Å². The van der Waals surface area contributed by atoms with Crippen LogP contribution in [0.5, 0.6) is 0 Å². The number of nitrogens with zero attached hydrogens (tertiary/aromatic N) is 4. The maximum atomic E-state index is 11.9. The number of aliphatic hydroxyl groups is 2. The first-order chi connectivity index (χ1) is 16.0. The quantitative estimate of drug-likeness (QED) is 0.232. The summed E-state index contributed by atoms with van der Waals surface area (Å²) in [5.41, 5.74) is 0.320. The standard InChI is InChI=1S/C19H29ClN5O7PS/c1-19(9-34-2,33(28,29)30)31-8-12-13(26)14(27)17(32-12)25-16-11(7-21-25)15(23-18(20)24-16)22-10-5-3-4-6-10/h7,10,12-14,17,26-27H,3-6,8-9H2,1-2H3,(H,22,23,24)(H2,28,29,30)/t12-,13-,14-,17?,19?/m1/s1. The number of fused-ring (bicyclic) bond motifs is 1. The minimum absolute atomic E-state index is 0.00265. The van der Waals surface area contributed by atoms with Crippen LogP contribution in [0.3, 0.4) is 0 Å². The van der Waals surface area contributed by atoms with E-state index < -0.39 is 37.5 Å². The van der Waals surface area contributed by atoms with Gasteiger partial charge in [0.05, 0.1) is 18.2 Å². The van der Waals surface area contributed by atoms with E-state index in [0.29, 0.717) is 16.9 Å². The summed E-state index contributed by atoms with van der Waals surface area (Å²) in [7, 11) is -4.61. The Morgan fingerprint density at radius 2 is 2.03 bits per heavy atom. The summed E-state index contributed by atoms with van der Waals surface area (Å²) in [6.45, 7) is 0.957. The van der Waals surface area contributed by atoms with Crippen molar-refractivity contribution in [3.05, 3.63) is 11.5 Å². The van der Waals surface area contributed by atoms with E-state index in [1.807, 2.05) is 0 Å². The molecule has 2 unspecified atom stereocenters. The first kappa shape index (κ1) is 26.1. The van der Waals surface area contributed by atoms with E-state index in [1.54, 1.807) is 12.5 Å². The lowest BCUT2D eigenvalue weighted by atomic mass is 10.1. The zero-order chi connectivity index (χ0) is 24.7. The van der Waals surface area contributed by atoms with Gasteiger partial charge in [0.1, 0.15) is 24.1 Å². The van der Waals surface area contributed by atoms with Crippen LogP contribution in [0.15, 0.2) is 6.20 Å². The van der Waals surface area contributed by atoms with Crippen LogP contribution < -0.4 is 5.32 Å². The highest BCUT2D eigenvalue weighted by Gasteiger charge is 2.48. The van der Waals surface area contributed by atoms with Gasteiger partial charge >= 0.3 is 7.60 Å². The second-order valence-electron chi connectivity index (χ2n) is 8.80. The number of thioether (sulfide) groups is 1. The number of aromatic nitrogens is 4. The highest BCUT2D eigenvalue weighted by Crippen LogP contribution is 2.52. The molecule has 1 aliphatic heterocycles. The molecule has 2 aromatic heterocycles. The van der Waals surface area contributed by atoms with Gasteiger partial charge in [0, 0.05) is 11.8 Å². The lowest BCUT2D eigenvalue weighted by Gasteiger charge is -2.31. The predicted octanol–water partition coefficient (Wildman–Crippen LogP) is 1.73. The fourth-order valence-electron chi connectivity index (χ4n) is 4.27. The second kappa shape index (κ2) is 10.2. The Bertz CT molecular complexity index is 1070. The zero-order valence-electron chi connectivity index (χ0n) is 18.7. The molecule has 0 radical (unpaired) electrons. The summed E-state index contributed by atoms with van der Waals surface area (Å²) in [5, 5.41) is 27.7. The molecule has 5 atom stereocenters. The molecule has 190 valence electrons. The van der Waals surface area contributed by atoms with Crippen molar-refractivity contribution in [3.63, 3.8) is 0 Å². The third-order valence-electron chi connectivity index (χ3n) is 6.29. The number of hydrogen-bond acceptors (Lipinski definition) is 10. The lowest BCUT2D eigenvalue weighted by Crippen LogP contribution is -2.39. The van der Waals surface area contributed by atoms with Crippen molar-refractivity contribution in [2.24, 2.45) is 0 Å². The van der Waals surface area contributed by atoms with Crippen molar-refractivity contribution in [2.75, 3.05) is 23.9 Å². The molecule has 34 heavy (non-hydrogen) atoms. The fraction of sp³-hybridized carbons (Fsp3) is 0.737. The molecule has 3 heterocycles. The molecule has 2 fully saturated rings. The maximum absolute atomic E-state index is 11.9. The number of ether oxygens (including phenoxy) is 2. The van der Waals surface area contributed by atoms with Crippen molar-refractivity contribution in [2.45, 2.75) is 68.5 Å². The average molecular weight is 538 g/mol. The highest BCUT2D eigenvalue weighted by molar-refractivity contribution is 7.98. The molecule has 1 saturated carbocycles. The monoisotopic (exact) mass is 537 g/mol. The smallest absolute Gasteiger partial charge is 0.357 e. The van der Waals surface area contributed by atoms with E-state index in [4.69, 9.17) is 21.1 Å². The fourth-order valence-corrected chi connectivity index (χ4v) is 6.35. The van der Waals surface area contributed by atoms with Crippen molar-refractivity contribution >= 4 is 47.8 Å². The van der Waals surface area contributed by atoms with E-state index in [0.717, 1.165) is 25.7 Å². The van der Waals surface area contributed by atoms with Crippen molar-refractivity contribution < 1.29 is 34.0 Å². The molecule has 0 bridgehead atoms. The maximum Gasteiger partial charge on any atom is 0.357 e. The summed E-state index contributed by atoms with van der Waals surface area (Å²) < 4.78 is 24.6. The zero-order valence-corrected chi connectivity index (χ0v) is 21.2. The van der Waals surface area contributed by atoms with Crippen molar-refractivity contribution in [3.8, 4) is 0 Å². The van der Waals surface area contributed by atoms with Gasteiger partial charge in [-0.1, -0.05) is 12.8 Å². The van der Waals surface area contributed by atoms with Crippen LogP contribution in [-0.2, 0) is 14.0 Å². The molecule has 12 nitrogen and oxygen atoms in total. The topological polar surface area (TPSA) is 172 Å². The molecule has 15 heteroatoms. The summed E-state index contributed by atoms with van der Waals surface area (Å²) in [4.78, 5) is 28.0. The Hall–Kier alpha value is -1.02. The van der Waals surface area contributed by atoms with Crippen molar-refractivity contribution in [1.29, 1.82) is 0 Å². The van der Waals surface area contributed by atoms with Gasteiger partial charge in [-0.2, -0.15) is 26.8 Å². The van der Waals surface area contributed by atoms with Crippen LogP contribution in [0.4, 0.5) is 5.82 Å². The van der Waals surface area contributed by atoms with Crippen molar-refractivity contribution in [1.82, 2.24) is 19.7 Å². The number of anilines is 1. The first-order valence-corrected chi connectivity index (χ1v) is 14.3. The molecule has 1 saturated heterocycles. The van der Waals surface area contributed by atoms with E-state index in [1.165, 1.54) is 23.4 Å². The van der Waals surface area contributed by atoms with Gasteiger partial charge in [0.2, 0.25) is 5.28 Å². The van der Waals surface area contributed by atoms with Gasteiger partial charge in [0.15, 0.2) is 17.2 Å². The van der Waals surface area contributed by atoms with E-state index >= 15 is 0 Å². The summed E-state index contributed by atoms with van der Waals surface area (Å²) in [5.74, 6) is 0.567. The Balaban J connectivity index is 1.55. The van der Waals surface area contributed by atoms with E-state index in [-0.39, 0.29) is 23.7 Å². The second-order valence-corrected chi connectivity index (χ2v) is 12.0. The predicted molar refractivity (Wildman–Crippen MR) is 127 cm³/mol. The van der Waals surface area contributed by atoms with Crippen LogP contribution in [0.1, 0.15) is 38.8 Å². The molecule has 5 N–H and O–H groups in total. The highest BCUT2D eigenvalue weighted by atomic mass is 35.5. The Morgan fingerprint density at radius 1 is 1.32 bits per heavy atom. The molecule has 0 spiro atoms. The van der Waals surface area contributed by atoms with Gasteiger partial charge in [-0.15, -0.1) is 0 Å². The lowest BCUT2D eigenvalue weighted by molar-refractivity contribution is -0.0896. The molecule has 0 amide bonds. The third-order valence-corrected chi connectivity index (χ3v) is 9.03. The molecule has 1 aliphatic carbocycles. The normalized spacial score (nSPS) is 28.0. The van der Waals surface area contributed by atoms with Gasteiger partial charge in [-0.25, -0.2) is 4.68 Å². The van der Waals surface area contributed by atoms with Crippen LogP contribution in [-0.4, -0.2) is 88.1 Å². The summed E-state index contributed by atoms with van der Waals surface area (Å²) in [6.07, 6.45) is 2.63. The number of aliphatic hydroxyl groups excluding tert-OH is 2. The molecular formula is C19H29ClN5O7PS. The van der Waals surface area contributed by atoms with Crippen LogP contribution >= 0.6 is 31.0 Å². The van der Waals surface area contributed by atoms with Gasteiger partial charge in [0.25, 0.3) is 0 Å². The first-order valence-electron chi connectivity index (χ1n) is 10.9. The van der Waals surface area contributed by atoms with Gasteiger partial charge < -0.3 is 34.8 Å². The SMILES string of the molecule is CSCC(C)(OC[C@H]1OC(n2ncc3c(NC4CCCC4)nc(Cl)nc32)[C@H](O)[C@@H]1O)P(=O)(O)O. The van der Waals surface area contributed by atoms with Crippen LogP contribution in [0.25, 0.3) is 11.0 Å². The average Bonchev–Trinajstić information content (AvgIpc) is 3.48. The number of halogens is 1. The molecule has 2 aromatic rings. The van der Waals surface area contributed by atoms with Crippen LogP contribution in [0.2, 0.25) is 5.28 Å². The van der Waals surface area contributed by atoms with Gasteiger partial charge in [-0.3, -0.25) is 4.57 Å². The molecule has 0 aromatic carbocycles. The largest absolute Gasteiger partial charge is 0.387 e. The number of hydrogen-bond donors (Lipinski definition) is 5.